The molecular weight excluding hydrogens is 354 g/mol. The third-order valence-electron chi connectivity index (χ3n) is 4.63. The molecule has 0 bridgehead atoms. The van der Waals surface area contributed by atoms with Crippen LogP contribution in [-0.2, 0) is 16.1 Å². The van der Waals surface area contributed by atoms with Gasteiger partial charge in [-0.15, -0.1) is 0 Å². The van der Waals surface area contributed by atoms with E-state index >= 15 is 0 Å². The van der Waals surface area contributed by atoms with Crippen molar-refractivity contribution >= 4 is 16.9 Å². The molecule has 0 aliphatic heterocycles. The second kappa shape index (κ2) is 8.89. The van der Waals surface area contributed by atoms with Crippen LogP contribution in [0.2, 0.25) is 0 Å². The second-order valence-electron chi connectivity index (χ2n) is 6.95. The molecule has 0 spiro atoms. The zero-order chi connectivity index (χ0) is 20.1. The summed E-state index contributed by atoms with van der Waals surface area (Å²) < 4.78 is 13.0. The van der Waals surface area contributed by atoms with Crippen molar-refractivity contribution < 1.29 is 14.3 Å². The Balaban J connectivity index is 1.79. The van der Waals surface area contributed by atoms with E-state index in [0.717, 1.165) is 28.2 Å². The first kappa shape index (κ1) is 19.9. The first-order valence-corrected chi connectivity index (χ1v) is 9.43. The van der Waals surface area contributed by atoms with Crippen LogP contribution in [0.1, 0.15) is 29.9 Å². The van der Waals surface area contributed by atoms with Crippen molar-refractivity contribution in [1.29, 1.82) is 0 Å². The third kappa shape index (κ3) is 4.51. The molecule has 0 fully saturated rings. The maximum atomic E-state index is 11.9. The predicted octanol–water partition coefficient (Wildman–Crippen LogP) is 3.56. The van der Waals surface area contributed by atoms with Crippen LogP contribution in [0.25, 0.3) is 11.0 Å². The van der Waals surface area contributed by atoms with Gasteiger partial charge in [-0.2, -0.15) is 0 Å². The standard InChI is InChI=1S/C22H27N3O3/c1-15-9-10-20(16(2)13-15)28-12-11-25-19-8-6-5-7-18(19)24-22(25)17(3)23-21(26)14-27-4/h5-10,13,17H,11-12,14H2,1-4H3,(H,23,26). The topological polar surface area (TPSA) is 65.4 Å². The summed E-state index contributed by atoms with van der Waals surface area (Å²) in [7, 11) is 1.50. The number of benzene rings is 2. The van der Waals surface area contributed by atoms with E-state index < -0.39 is 0 Å². The van der Waals surface area contributed by atoms with E-state index in [9.17, 15) is 4.79 Å². The monoisotopic (exact) mass is 381 g/mol. The number of methoxy groups -OCH3 is 1. The highest BCUT2D eigenvalue weighted by Gasteiger charge is 2.18. The van der Waals surface area contributed by atoms with Gasteiger partial charge in [0, 0.05) is 7.11 Å². The molecule has 1 aromatic heterocycles. The highest BCUT2D eigenvalue weighted by Crippen LogP contribution is 2.22. The lowest BCUT2D eigenvalue weighted by atomic mass is 10.1. The van der Waals surface area contributed by atoms with Crippen molar-refractivity contribution in [2.24, 2.45) is 0 Å². The molecule has 0 aliphatic carbocycles. The van der Waals surface area contributed by atoms with E-state index in [4.69, 9.17) is 14.5 Å². The van der Waals surface area contributed by atoms with Gasteiger partial charge < -0.3 is 19.4 Å². The van der Waals surface area contributed by atoms with Crippen molar-refractivity contribution in [2.75, 3.05) is 20.3 Å². The number of imidazole rings is 1. The molecule has 0 saturated heterocycles. The lowest BCUT2D eigenvalue weighted by molar-refractivity contribution is -0.125. The number of aromatic nitrogens is 2. The fourth-order valence-corrected chi connectivity index (χ4v) is 3.35. The summed E-state index contributed by atoms with van der Waals surface area (Å²) >= 11 is 0. The molecule has 148 valence electrons. The highest BCUT2D eigenvalue weighted by atomic mass is 16.5. The van der Waals surface area contributed by atoms with Crippen molar-refractivity contribution in [1.82, 2.24) is 14.9 Å². The second-order valence-corrected chi connectivity index (χ2v) is 6.95. The maximum Gasteiger partial charge on any atom is 0.246 e. The number of para-hydroxylation sites is 2. The SMILES string of the molecule is COCC(=O)NC(C)c1nc2ccccc2n1CCOc1ccc(C)cc1C. The third-order valence-corrected chi connectivity index (χ3v) is 4.63. The zero-order valence-electron chi connectivity index (χ0n) is 16.9. The van der Waals surface area contributed by atoms with E-state index in [1.165, 1.54) is 12.7 Å². The van der Waals surface area contributed by atoms with E-state index in [1.807, 2.05) is 50.2 Å². The van der Waals surface area contributed by atoms with E-state index in [2.05, 4.69) is 22.9 Å². The number of nitrogens with one attached hydrogen (secondary N) is 1. The molecule has 3 aromatic rings. The zero-order valence-corrected chi connectivity index (χ0v) is 16.9. The predicted molar refractivity (Wildman–Crippen MR) is 110 cm³/mol. The number of ether oxygens (including phenoxy) is 2. The molecule has 1 amide bonds. The van der Waals surface area contributed by atoms with Gasteiger partial charge in [-0.25, -0.2) is 4.98 Å². The average Bonchev–Trinajstić information content (AvgIpc) is 3.02. The quantitative estimate of drug-likeness (QED) is 0.648. The molecule has 1 heterocycles. The van der Waals surface area contributed by atoms with Crippen molar-refractivity contribution in [3.8, 4) is 5.75 Å². The molecule has 0 saturated carbocycles. The molecule has 3 rings (SSSR count). The van der Waals surface area contributed by atoms with Crippen LogP contribution in [0.4, 0.5) is 0 Å². The summed E-state index contributed by atoms with van der Waals surface area (Å²) in [4.78, 5) is 16.7. The Morgan fingerprint density at radius 2 is 2.00 bits per heavy atom. The van der Waals surface area contributed by atoms with Crippen LogP contribution in [0.3, 0.4) is 0 Å². The van der Waals surface area contributed by atoms with Crippen molar-refractivity contribution in [2.45, 2.75) is 33.4 Å². The number of hydrogen-bond donors (Lipinski definition) is 1. The summed E-state index contributed by atoms with van der Waals surface area (Å²) in [6, 6.07) is 13.9. The van der Waals surface area contributed by atoms with Crippen LogP contribution in [0.15, 0.2) is 42.5 Å². The first-order chi connectivity index (χ1) is 13.5. The van der Waals surface area contributed by atoms with Gasteiger partial charge >= 0.3 is 0 Å². The highest BCUT2D eigenvalue weighted by molar-refractivity contribution is 5.78. The van der Waals surface area contributed by atoms with Crippen LogP contribution in [0.5, 0.6) is 5.75 Å². The van der Waals surface area contributed by atoms with Gasteiger partial charge in [-0.3, -0.25) is 4.79 Å². The number of fused-ring (bicyclic) bond motifs is 1. The number of hydrogen-bond acceptors (Lipinski definition) is 4. The van der Waals surface area contributed by atoms with Crippen LogP contribution < -0.4 is 10.1 Å². The van der Waals surface area contributed by atoms with Crippen LogP contribution >= 0.6 is 0 Å². The van der Waals surface area contributed by atoms with Gasteiger partial charge in [-0.05, 0) is 44.5 Å². The Morgan fingerprint density at radius 3 is 2.75 bits per heavy atom. The molecule has 0 radical (unpaired) electrons. The average molecular weight is 381 g/mol. The van der Waals surface area contributed by atoms with Gasteiger partial charge in [0.25, 0.3) is 0 Å². The molecule has 1 atom stereocenters. The normalized spacial score (nSPS) is 12.1. The van der Waals surface area contributed by atoms with E-state index in [-0.39, 0.29) is 18.6 Å². The van der Waals surface area contributed by atoms with Gasteiger partial charge in [0.05, 0.1) is 23.6 Å². The minimum atomic E-state index is -0.240. The smallest absolute Gasteiger partial charge is 0.246 e. The van der Waals surface area contributed by atoms with Crippen LogP contribution in [-0.4, -0.2) is 35.8 Å². The Morgan fingerprint density at radius 1 is 1.21 bits per heavy atom. The summed E-state index contributed by atoms with van der Waals surface area (Å²) in [5.41, 5.74) is 4.26. The fourth-order valence-electron chi connectivity index (χ4n) is 3.35. The lowest BCUT2D eigenvalue weighted by Gasteiger charge is -2.17. The Bertz CT molecular complexity index is 965. The van der Waals surface area contributed by atoms with E-state index in [0.29, 0.717) is 13.2 Å². The molecule has 6 heteroatoms. The number of amides is 1. The van der Waals surface area contributed by atoms with Gasteiger partial charge in [0.15, 0.2) is 0 Å². The van der Waals surface area contributed by atoms with Crippen molar-refractivity contribution in [3.63, 3.8) is 0 Å². The molecule has 1 N–H and O–H groups in total. The van der Waals surface area contributed by atoms with Gasteiger partial charge in [0.1, 0.15) is 24.8 Å². The molecule has 6 nitrogen and oxygen atoms in total. The number of carbonyl (C=O) groups excluding carboxylic acids is 1. The van der Waals surface area contributed by atoms with E-state index in [1.54, 1.807) is 0 Å². The van der Waals surface area contributed by atoms with Gasteiger partial charge in [0.2, 0.25) is 5.91 Å². The molecule has 28 heavy (non-hydrogen) atoms. The number of aryl methyl sites for hydroxylation is 2. The first-order valence-electron chi connectivity index (χ1n) is 9.43. The summed E-state index contributed by atoms with van der Waals surface area (Å²) in [5.74, 6) is 1.52. The molecular formula is C22H27N3O3. The Labute approximate surface area is 165 Å². The number of carbonyl (C=O) groups is 1. The largest absolute Gasteiger partial charge is 0.491 e. The van der Waals surface area contributed by atoms with Crippen LogP contribution in [0, 0.1) is 13.8 Å². The summed E-state index contributed by atoms with van der Waals surface area (Å²) in [5, 5.41) is 2.93. The Kier molecular flexibility index (Phi) is 6.31. The van der Waals surface area contributed by atoms with Gasteiger partial charge in [-0.1, -0.05) is 29.8 Å². The molecule has 2 aromatic carbocycles. The molecule has 1 unspecified atom stereocenters. The molecule has 0 aliphatic rings. The number of rotatable bonds is 8. The maximum absolute atomic E-state index is 11.9. The summed E-state index contributed by atoms with van der Waals surface area (Å²) in [6.45, 7) is 7.22. The number of nitrogens with zero attached hydrogens (tertiary/aromatic N) is 2. The summed E-state index contributed by atoms with van der Waals surface area (Å²) in [6.07, 6.45) is 0. The minimum absolute atomic E-state index is 0.0282. The lowest BCUT2D eigenvalue weighted by Crippen LogP contribution is -2.31. The Hall–Kier alpha value is -2.86. The fraction of sp³-hybridized carbons (Fsp3) is 0.364. The van der Waals surface area contributed by atoms with Crippen molar-refractivity contribution in [3.05, 3.63) is 59.4 Å². The minimum Gasteiger partial charge on any atom is -0.491 e.